The number of carbonyl (C=O) groups is 4. The van der Waals surface area contributed by atoms with Gasteiger partial charge in [0, 0.05) is 12.8 Å². The molecule has 0 spiro atoms. The first-order valence-electron chi connectivity index (χ1n) is 10.5. The van der Waals surface area contributed by atoms with Gasteiger partial charge in [0.05, 0.1) is 6.54 Å². The summed E-state index contributed by atoms with van der Waals surface area (Å²) in [5, 5.41) is 35.5. The van der Waals surface area contributed by atoms with Crippen LogP contribution in [0.1, 0.15) is 18.1 Å². The lowest BCUT2D eigenvalue weighted by Crippen LogP contribution is -2.57. The fourth-order valence-electron chi connectivity index (χ4n) is 3.06. The van der Waals surface area contributed by atoms with Gasteiger partial charge < -0.3 is 37.0 Å². The number of rotatable bonds is 11. The first kappa shape index (κ1) is 26.1. The third-order valence-electron chi connectivity index (χ3n) is 4.95. The van der Waals surface area contributed by atoms with Crippen LogP contribution in [-0.2, 0) is 32.0 Å². The van der Waals surface area contributed by atoms with Gasteiger partial charge in [0.25, 0.3) is 0 Å². The minimum absolute atomic E-state index is 0.000949. The molecule has 182 valence electrons. The number of hydrogen-bond donors (Lipinski definition) is 7. The van der Waals surface area contributed by atoms with Crippen LogP contribution in [0.15, 0.2) is 48.5 Å². The summed E-state index contributed by atoms with van der Waals surface area (Å²) in [5.41, 5.74) is 6.60. The summed E-state index contributed by atoms with van der Waals surface area (Å²) in [6.07, 6.45) is 0.0535. The summed E-state index contributed by atoms with van der Waals surface area (Å²) in [4.78, 5) is 48.9. The van der Waals surface area contributed by atoms with Gasteiger partial charge in [-0.05, 0) is 42.3 Å². The first-order chi connectivity index (χ1) is 16.1. The van der Waals surface area contributed by atoms with Crippen molar-refractivity contribution < 1.29 is 34.5 Å². The van der Waals surface area contributed by atoms with Crippen LogP contribution in [0.4, 0.5) is 0 Å². The molecule has 0 radical (unpaired) electrons. The summed E-state index contributed by atoms with van der Waals surface area (Å²) < 4.78 is 0. The number of carboxylic acid groups (broad SMARTS) is 1. The molecule has 2 aromatic rings. The maximum atomic E-state index is 13.1. The first-order valence-corrected chi connectivity index (χ1v) is 10.5. The highest BCUT2D eigenvalue weighted by Crippen LogP contribution is 2.13. The van der Waals surface area contributed by atoms with E-state index in [1.807, 2.05) is 0 Å². The quantitative estimate of drug-likeness (QED) is 0.225. The molecule has 0 aliphatic carbocycles. The van der Waals surface area contributed by atoms with E-state index in [0.717, 1.165) is 0 Å². The van der Waals surface area contributed by atoms with E-state index in [4.69, 9.17) is 10.8 Å². The Morgan fingerprint density at radius 2 is 1.18 bits per heavy atom. The summed E-state index contributed by atoms with van der Waals surface area (Å²) in [6.45, 7) is 0.932. The van der Waals surface area contributed by atoms with Crippen molar-refractivity contribution in [2.75, 3.05) is 6.54 Å². The van der Waals surface area contributed by atoms with Gasteiger partial charge in [0.1, 0.15) is 29.6 Å². The molecule has 11 heteroatoms. The minimum atomic E-state index is -1.25. The Bertz CT molecular complexity index is 1010. The Morgan fingerprint density at radius 3 is 1.59 bits per heavy atom. The Balaban J connectivity index is 2.25. The smallest absolute Gasteiger partial charge is 0.325 e. The van der Waals surface area contributed by atoms with E-state index in [-0.39, 0.29) is 30.9 Å². The fraction of sp³-hybridized carbons (Fsp3) is 0.304. The normalized spacial score (nSPS) is 13.2. The Labute approximate surface area is 196 Å². The second kappa shape index (κ2) is 12.2. The zero-order valence-corrected chi connectivity index (χ0v) is 18.5. The topological polar surface area (TPSA) is 191 Å². The lowest BCUT2D eigenvalue weighted by molar-refractivity contribution is -0.141. The summed E-state index contributed by atoms with van der Waals surface area (Å²) >= 11 is 0. The largest absolute Gasteiger partial charge is 0.508 e. The van der Waals surface area contributed by atoms with Gasteiger partial charge in [-0.25, -0.2) is 0 Å². The molecule has 3 atom stereocenters. The zero-order chi connectivity index (χ0) is 25.3. The van der Waals surface area contributed by atoms with Gasteiger partial charge in [-0.2, -0.15) is 0 Å². The fourth-order valence-corrected chi connectivity index (χ4v) is 3.06. The van der Waals surface area contributed by atoms with E-state index >= 15 is 0 Å². The van der Waals surface area contributed by atoms with E-state index in [2.05, 4.69) is 16.0 Å². The number of nitrogens with one attached hydrogen (secondary N) is 3. The van der Waals surface area contributed by atoms with E-state index in [1.165, 1.54) is 31.2 Å². The van der Waals surface area contributed by atoms with Gasteiger partial charge in [0.2, 0.25) is 17.7 Å². The second-order valence-corrected chi connectivity index (χ2v) is 7.70. The standard InChI is InChI=1S/C23H28N4O7/c1-13(23(33)34)25-21(31)19(11-15-4-8-17(29)9-5-15)27-22(32)18(26-20(30)12-24)10-14-2-6-16(28)7-3-14/h2-9,13,18-19,28-29H,10-12,24H2,1H3,(H,25,31)(H,26,30)(H,27,32)(H,33,34). The summed E-state index contributed by atoms with van der Waals surface area (Å²) in [5.74, 6) is -3.19. The number of aromatic hydroxyl groups is 2. The van der Waals surface area contributed by atoms with E-state index in [1.54, 1.807) is 24.3 Å². The summed E-state index contributed by atoms with van der Waals surface area (Å²) in [6, 6.07) is 8.53. The maximum Gasteiger partial charge on any atom is 0.325 e. The van der Waals surface area contributed by atoms with E-state index in [9.17, 15) is 29.4 Å². The number of phenols is 2. The predicted molar refractivity (Wildman–Crippen MR) is 122 cm³/mol. The van der Waals surface area contributed by atoms with Crippen LogP contribution in [0, 0.1) is 0 Å². The predicted octanol–water partition coefficient (Wildman–Crippen LogP) is -0.599. The van der Waals surface area contributed by atoms with E-state index < -0.39 is 41.8 Å². The molecule has 34 heavy (non-hydrogen) atoms. The van der Waals surface area contributed by atoms with E-state index in [0.29, 0.717) is 11.1 Å². The highest BCUT2D eigenvalue weighted by Gasteiger charge is 2.28. The molecule has 0 heterocycles. The van der Waals surface area contributed by atoms with Crippen LogP contribution in [0.3, 0.4) is 0 Å². The number of amides is 3. The molecular formula is C23H28N4O7. The van der Waals surface area contributed by atoms with Crippen LogP contribution in [0.2, 0.25) is 0 Å². The molecule has 2 rings (SSSR count). The van der Waals surface area contributed by atoms with Gasteiger partial charge in [0.15, 0.2) is 0 Å². The van der Waals surface area contributed by atoms with Crippen molar-refractivity contribution in [2.45, 2.75) is 37.9 Å². The number of carboxylic acids is 1. The molecule has 0 aromatic heterocycles. The van der Waals surface area contributed by atoms with Crippen molar-refractivity contribution in [3.05, 3.63) is 59.7 Å². The molecule has 0 saturated heterocycles. The molecular weight excluding hydrogens is 444 g/mol. The molecule has 0 aliphatic heterocycles. The highest BCUT2D eigenvalue weighted by molar-refractivity contribution is 5.93. The monoisotopic (exact) mass is 472 g/mol. The Kier molecular flexibility index (Phi) is 9.38. The lowest BCUT2D eigenvalue weighted by atomic mass is 10.0. The third kappa shape index (κ3) is 8.10. The number of phenolic OH excluding ortho intramolecular Hbond substituents is 2. The van der Waals surface area contributed by atoms with Crippen LogP contribution in [-0.4, -0.2) is 63.7 Å². The van der Waals surface area contributed by atoms with Crippen molar-refractivity contribution >= 4 is 23.7 Å². The van der Waals surface area contributed by atoms with Gasteiger partial charge in [-0.3, -0.25) is 19.2 Å². The average molecular weight is 472 g/mol. The Hall–Kier alpha value is -4.12. The van der Waals surface area contributed by atoms with Gasteiger partial charge in [-0.15, -0.1) is 0 Å². The average Bonchev–Trinajstić information content (AvgIpc) is 2.80. The van der Waals surface area contributed by atoms with Crippen LogP contribution in [0.5, 0.6) is 11.5 Å². The van der Waals surface area contributed by atoms with Crippen molar-refractivity contribution in [3.8, 4) is 11.5 Å². The molecule has 0 saturated carbocycles. The number of nitrogens with two attached hydrogens (primary N) is 1. The number of benzene rings is 2. The van der Waals surface area contributed by atoms with Gasteiger partial charge >= 0.3 is 5.97 Å². The molecule has 0 fully saturated rings. The molecule has 2 aromatic carbocycles. The van der Waals surface area contributed by atoms with Crippen LogP contribution < -0.4 is 21.7 Å². The minimum Gasteiger partial charge on any atom is -0.508 e. The number of hydrogen-bond acceptors (Lipinski definition) is 7. The van der Waals surface area contributed by atoms with Crippen molar-refractivity contribution in [3.63, 3.8) is 0 Å². The number of carbonyl (C=O) groups excluding carboxylic acids is 3. The highest BCUT2D eigenvalue weighted by atomic mass is 16.4. The second-order valence-electron chi connectivity index (χ2n) is 7.70. The van der Waals surface area contributed by atoms with Crippen LogP contribution >= 0.6 is 0 Å². The molecule has 11 nitrogen and oxygen atoms in total. The number of aliphatic carboxylic acids is 1. The van der Waals surface area contributed by atoms with Crippen molar-refractivity contribution in [2.24, 2.45) is 5.73 Å². The summed E-state index contributed by atoms with van der Waals surface area (Å²) in [7, 11) is 0. The zero-order valence-electron chi connectivity index (χ0n) is 18.5. The molecule has 8 N–H and O–H groups in total. The van der Waals surface area contributed by atoms with Crippen LogP contribution in [0.25, 0.3) is 0 Å². The molecule has 0 bridgehead atoms. The Morgan fingerprint density at radius 1 is 0.765 bits per heavy atom. The van der Waals surface area contributed by atoms with Crippen molar-refractivity contribution in [1.29, 1.82) is 0 Å². The molecule has 0 aliphatic rings. The lowest BCUT2D eigenvalue weighted by Gasteiger charge is -2.24. The molecule has 3 amide bonds. The third-order valence-corrected chi connectivity index (χ3v) is 4.95. The SMILES string of the molecule is CC(NC(=O)C(Cc1ccc(O)cc1)NC(=O)C(Cc1ccc(O)cc1)NC(=O)CN)C(=O)O. The van der Waals surface area contributed by atoms with Gasteiger partial charge in [-0.1, -0.05) is 24.3 Å². The van der Waals surface area contributed by atoms with Crippen molar-refractivity contribution in [1.82, 2.24) is 16.0 Å². The maximum absolute atomic E-state index is 13.1. The molecule has 3 unspecified atom stereocenters.